The van der Waals surface area contributed by atoms with Crippen LogP contribution in [-0.4, -0.2) is 51.1 Å². The SMILES string of the molecule is C=CC[C@@]1(N2C(=O)OC[C@@H]2c2ccccc2)C(=O)N([C@](C)(Cc2ccccc2)C(=O)OC(C)(C)C)[C@@H]1c1ccccc1. The minimum atomic E-state index is -1.39. The van der Waals surface area contributed by atoms with Crippen molar-refractivity contribution >= 4 is 18.0 Å². The molecular formula is C35H38N2O5. The highest BCUT2D eigenvalue weighted by Gasteiger charge is 2.72. The molecule has 0 spiro atoms. The molecule has 0 radical (unpaired) electrons. The quantitative estimate of drug-likeness (QED) is 0.170. The molecular weight excluding hydrogens is 528 g/mol. The van der Waals surface area contributed by atoms with Crippen LogP contribution >= 0.6 is 0 Å². The number of carbonyl (C=O) groups excluding carboxylic acids is 3. The fourth-order valence-electron chi connectivity index (χ4n) is 6.33. The summed E-state index contributed by atoms with van der Waals surface area (Å²) >= 11 is 0. The molecule has 7 nitrogen and oxygen atoms in total. The van der Waals surface area contributed by atoms with Crippen LogP contribution in [0.25, 0.3) is 0 Å². The van der Waals surface area contributed by atoms with Gasteiger partial charge in [0.2, 0.25) is 0 Å². The highest BCUT2D eigenvalue weighted by atomic mass is 16.6. The number of ether oxygens (including phenoxy) is 2. The predicted octanol–water partition coefficient (Wildman–Crippen LogP) is 6.42. The third kappa shape index (κ3) is 4.97. The molecule has 2 amide bonds. The van der Waals surface area contributed by atoms with Gasteiger partial charge in [-0.25, -0.2) is 9.59 Å². The van der Waals surface area contributed by atoms with Crippen LogP contribution in [0.1, 0.15) is 62.9 Å². The van der Waals surface area contributed by atoms with Gasteiger partial charge < -0.3 is 14.4 Å². The molecule has 5 rings (SSSR count). The van der Waals surface area contributed by atoms with Crippen LogP contribution in [0.3, 0.4) is 0 Å². The van der Waals surface area contributed by atoms with Crippen LogP contribution in [0.5, 0.6) is 0 Å². The summed E-state index contributed by atoms with van der Waals surface area (Å²) in [5, 5.41) is 0. The smallest absolute Gasteiger partial charge is 0.411 e. The van der Waals surface area contributed by atoms with E-state index in [0.29, 0.717) is 0 Å². The number of β-lactam (4-membered cyclic amide) rings is 1. The van der Waals surface area contributed by atoms with Crippen molar-refractivity contribution in [3.63, 3.8) is 0 Å². The first-order chi connectivity index (χ1) is 20.0. The van der Waals surface area contributed by atoms with Crippen LogP contribution in [0.15, 0.2) is 104 Å². The standard InChI is InChI=1S/C35H38N2O5/c1-6-22-35(36-28(24-41-32(36)40)26-18-12-8-13-19-26)29(27-20-14-9-15-21-27)37(30(35)38)34(5,31(39)42-33(2,3)4)23-25-16-10-7-11-17-25/h6-21,28-29H,1,22-24H2,2-5H3/t28-,29-,34-,35+/m1/s1. The van der Waals surface area contributed by atoms with Crippen molar-refractivity contribution in [1.29, 1.82) is 0 Å². The Morgan fingerprint density at radius 1 is 0.929 bits per heavy atom. The number of hydrogen-bond acceptors (Lipinski definition) is 5. The average Bonchev–Trinajstić information content (AvgIpc) is 3.36. The van der Waals surface area contributed by atoms with E-state index in [4.69, 9.17) is 9.47 Å². The topological polar surface area (TPSA) is 76.2 Å². The van der Waals surface area contributed by atoms with Crippen molar-refractivity contribution in [2.24, 2.45) is 0 Å². The van der Waals surface area contributed by atoms with Crippen molar-refractivity contribution in [2.45, 2.75) is 69.3 Å². The Hall–Kier alpha value is -4.39. The Kier molecular flexibility index (Phi) is 7.71. The number of amides is 2. The highest BCUT2D eigenvalue weighted by Crippen LogP contribution is 2.56. The molecule has 4 atom stereocenters. The van der Waals surface area contributed by atoms with E-state index in [0.717, 1.165) is 16.7 Å². The number of likely N-dealkylation sites (tertiary alicyclic amines) is 1. The number of esters is 1. The lowest BCUT2D eigenvalue weighted by atomic mass is 9.67. The molecule has 0 bridgehead atoms. The lowest BCUT2D eigenvalue weighted by Gasteiger charge is -2.63. The van der Waals surface area contributed by atoms with Gasteiger partial charge in [-0.15, -0.1) is 6.58 Å². The monoisotopic (exact) mass is 566 g/mol. The maximum absolute atomic E-state index is 14.9. The van der Waals surface area contributed by atoms with Gasteiger partial charge in [-0.3, -0.25) is 9.69 Å². The van der Waals surface area contributed by atoms with Gasteiger partial charge >= 0.3 is 12.1 Å². The molecule has 3 aromatic carbocycles. The summed E-state index contributed by atoms with van der Waals surface area (Å²) in [5.41, 5.74) is -0.979. The zero-order valence-corrected chi connectivity index (χ0v) is 24.7. The lowest BCUT2D eigenvalue weighted by molar-refractivity contribution is -0.203. The number of carbonyl (C=O) groups is 3. The molecule has 0 aromatic heterocycles. The second-order valence-corrected chi connectivity index (χ2v) is 12.2. The summed E-state index contributed by atoms with van der Waals surface area (Å²) in [5.74, 6) is -0.857. The van der Waals surface area contributed by atoms with Crippen LogP contribution in [0.4, 0.5) is 4.79 Å². The predicted molar refractivity (Wildman–Crippen MR) is 160 cm³/mol. The van der Waals surface area contributed by atoms with Crippen molar-refractivity contribution in [3.8, 4) is 0 Å². The molecule has 3 aromatic rings. The van der Waals surface area contributed by atoms with Gasteiger partial charge in [0, 0.05) is 6.42 Å². The summed E-state index contributed by atoms with van der Waals surface area (Å²) in [6.07, 6.45) is 1.51. The van der Waals surface area contributed by atoms with Crippen molar-refractivity contribution in [2.75, 3.05) is 6.61 Å². The summed E-state index contributed by atoms with van der Waals surface area (Å²) in [7, 11) is 0. The molecule has 0 N–H and O–H groups in total. The Morgan fingerprint density at radius 3 is 2.02 bits per heavy atom. The summed E-state index contributed by atoms with van der Waals surface area (Å²) < 4.78 is 11.6. The average molecular weight is 567 g/mol. The van der Waals surface area contributed by atoms with Crippen LogP contribution in [-0.2, 0) is 25.5 Å². The first-order valence-electron chi connectivity index (χ1n) is 14.3. The highest BCUT2D eigenvalue weighted by molar-refractivity contribution is 6.02. The molecule has 218 valence electrons. The van der Waals surface area contributed by atoms with Gasteiger partial charge in [-0.2, -0.15) is 0 Å². The van der Waals surface area contributed by atoms with Crippen molar-refractivity contribution < 1.29 is 23.9 Å². The number of benzene rings is 3. The normalized spacial score (nSPS) is 23.5. The minimum absolute atomic E-state index is 0.115. The minimum Gasteiger partial charge on any atom is -0.458 e. The molecule has 42 heavy (non-hydrogen) atoms. The van der Waals surface area contributed by atoms with E-state index in [-0.39, 0.29) is 25.4 Å². The van der Waals surface area contributed by atoms with Crippen LogP contribution < -0.4 is 0 Å². The van der Waals surface area contributed by atoms with Crippen LogP contribution in [0.2, 0.25) is 0 Å². The molecule has 2 fully saturated rings. The maximum atomic E-state index is 14.9. The second-order valence-electron chi connectivity index (χ2n) is 12.2. The van der Waals surface area contributed by atoms with Crippen molar-refractivity contribution in [1.82, 2.24) is 9.80 Å². The molecule has 0 saturated carbocycles. The second kappa shape index (κ2) is 11.1. The summed E-state index contributed by atoms with van der Waals surface area (Å²) in [6, 6.07) is 27.6. The van der Waals surface area contributed by atoms with E-state index in [1.54, 1.807) is 22.8 Å². The summed E-state index contributed by atoms with van der Waals surface area (Å²) in [6.45, 7) is 11.3. The third-order valence-corrected chi connectivity index (χ3v) is 8.12. The number of cyclic esters (lactones) is 1. The fourth-order valence-corrected chi connectivity index (χ4v) is 6.33. The lowest BCUT2D eigenvalue weighted by Crippen LogP contribution is -2.81. The first kappa shape index (κ1) is 29.1. The third-order valence-electron chi connectivity index (χ3n) is 8.12. The summed E-state index contributed by atoms with van der Waals surface area (Å²) in [4.78, 5) is 45.8. The number of rotatable bonds is 9. The van der Waals surface area contributed by atoms with Gasteiger partial charge in [0.25, 0.3) is 5.91 Å². The Morgan fingerprint density at radius 2 is 1.48 bits per heavy atom. The van der Waals surface area contributed by atoms with E-state index in [1.807, 2.05) is 112 Å². The largest absolute Gasteiger partial charge is 0.458 e. The molecule has 2 saturated heterocycles. The van der Waals surface area contributed by atoms with E-state index < -0.39 is 40.8 Å². The number of nitrogens with zero attached hydrogens (tertiary/aromatic N) is 2. The van der Waals surface area contributed by atoms with Crippen molar-refractivity contribution in [3.05, 3.63) is 120 Å². The molecule has 7 heteroatoms. The zero-order valence-electron chi connectivity index (χ0n) is 24.7. The van der Waals surface area contributed by atoms with E-state index in [2.05, 4.69) is 6.58 Å². The van der Waals surface area contributed by atoms with Gasteiger partial charge in [0.1, 0.15) is 17.7 Å². The van der Waals surface area contributed by atoms with Crippen LogP contribution in [0, 0.1) is 0 Å². The first-order valence-corrected chi connectivity index (χ1v) is 14.3. The van der Waals surface area contributed by atoms with E-state index in [9.17, 15) is 14.4 Å². The fraction of sp³-hybridized carbons (Fsp3) is 0.343. The molecule has 2 aliphatic rings. The van der Waals surface area contributed by atoms with E-state index >= 15 is 0 Å². The number of hydrogen-bond donors (Lipinski definition) is 0. The maximum Gasteiger partial charge on any atom is 0.411 e. The zero-order chi connectivity index (χ0) is 30.1. The van der Waals surface area contributed by atoms with Gasteiger partial charge in [-0.05, 0) is 50.8 Å². The Bertz CT molecular complexity index is 1450. The van der Waals surface area contributed by atoms with Gasteiger partial charge in [0.15, 0.2) is 5.54 Å². The molecule has 2 heterocycles. The van der Waals surface area contributed by atoms with E-state index in [1.165, 1.54) is 0 Å². The molecule has 2 aliphatic heterocycles. The molecule has 0 unspecified atom stereocenters. The Labute approximate surface area is 247 Å². The Balaban J connectivity index is 1.69. The van der Waals surface area contributed by atoms with Gasteiger partial charge in [-0.1, -0.05) is 97.1 Å². The van der Waals surface area contributed by atoms with Gasteiger partial charge in [0.05, 0.1) is 12.1 Å². The molecule has 0 aliphatic carbocycles.